The van der Waals surface area contributed by atoms with Crippen molar-refractivity contribution in [1.82, 2.24) is 0 Å². The molecule has 2 aromatic carbocycles. The molecule has 27 heavy (non-hydrogen) atoms. The van der Waals surface area contributed by atoms with Gasteiger partial charge in [0.1, 0.15) is 29.5 Å². The molecule has 3 rings (SSSR count). The standard InChI is InChI=1S/C22H26O5/c1-14(21(23)24)9-15-5-7-18(8-6-15)26-13-17-11-19(25-4)10-16-12-22(2,3)27-20(16)17/h5-8,10-11,14H,9,12-13H2,1-4H3,(H,23,24). The van der Waals surface area contributed by atoms with Crippen LogP contribution >= 0.6 is 0 Å². The van der Waals surface area contributed by atoms with Crippen LogP contribution in [0, 0.1) is 5.92 Å². The van der Waals surface area contributed by atoms with E-state index in [1.807, 2.05) is 36.4 Å². The highest BCUT2D eigenvalue weighted by molar-refractivity contribution is 5.69. The number of benzene rings is 2. The quantitative estimate of drug-likeness (QED) is 0.789. The molecular weight excluding hydrogens is 344 g/mol. The van der Waals surface area contributed by atoms with E-state index < -0.39 is 11.9 Å². The van der Waals surface area contributed by atoms with Gasteiger partial charge in [-0.1, -0.05) is 19.1 Å². The normalized spacial score (nSPS) is 15.6. The van der Waals surface area contributed by atoms with Crippen LogP contribution in [0.5, 0.6) is 17.2 Å². The predicted octanol–water partition coefficient (Wildman–Crippen LogP) is 4.25. The summed E-state index contributed by atoms with van der Waals surface area (Å²) in [6.07, 6.45) is 1.34. The summed E-state index contributed by atoms with van der Waals surface area (Å²) in [4.78, 5) is 11.0. The second-order valence-electron chi connectivity index (χ2n) is 7.69. The van der Waals surface area contributed by atoms with E-state index in [1.165, 1.54) is 0 Å². The molecule has 0 radical (unpaired) electrons. The maximum Gasteiger partial charge on any atom is 0.306 e. The van der Waals surface area contributed by atoms with Crippen molar-refractivity contribution in [3.63, 3.8) is 0 Å². The Hall–Kier alpha value is -2.69. The van der Waals surface area contributed by atoms with Gasteiger partial charge < -0.3 is 19.3 Å². The van der Waals surface area contributed by atoms with Gasteiger partial charge in [-0.2, -0.15) is 0 Å². The molecule has 0 aliphatic carbocycles. The molecule has 0 bridgehead atoms. The lowest BCUT2D eigenvalue weighted by Crippen LogP contribution is -2.25. The van der Waals surface area contributed by atoms with E-state index in [4.69, 9.17) is 19.3 Å². The van der Waals surface area contributed by atoms with Gasteiger partial charge in [0.15, 0.2) is 0 Å². The minimum atomic E-state index is -0.787. The summed E-state index contributed by atoms with van der Waals surface area (Å²) in [5, 5.41) is 9.02. The van der Waals surface area contributed by atoms with Gasteiger partial charge in [0.05, 0.1) is 13.0 Å². The number of rotatable bonds is 7. The lowest BCUT2D eigenvalue weighted by molar-refractivity contribution is -0.141. The van der Waals surface area contributed by atoms with Crippen molar-refractivity contribution < 1.29 is 24.1 Å². The number of aliphatic carboxylic acids is 1. The third-order valence-corrected chi connectivity index (χ3v) is 4.73. The summed E-state index contributed by atoms with van der Waals surface area (Å²) in [5.74, 6) is 1.22. The number of carboxylic acid groups (broad SMARTS) is 1. The highest BCUT2D eigenvalue weighted by Gasteiger charge is 2.32. The Morgan fingerprint density at radius 2 is 1.93 bits per heavy atom. The van der Waals surface area contributed by atoms with E-state index in [1.54, 1.807) is 14.0 Å². The third-order valence-electron chi connectivity index (χ3n) is 4.73. The Morgan fingerprint density at radius 1 is 1.22 bits per heavy atom. The number of fused-ring (bicyclic) bond motifs is 1. The molecule has 0 spiro atoms. The molecule has 2 aromatic rings. The minimum Gasteiger partial charge on any atom is -0.497 e. The number of methoxy groups -OCH3 is 1. The molecule has 144 valence electrons. The Kier molecular flexibility index (Phi) is 5.31. The van der Waals surface area contributed by atoms with Gasteiger partial charge in [0, 0.05) is 17.5 Å². The van der Waals surface area contributed by atoms with Crippen LogP contribution in [0.4, 0.5) is 0 Å². The maximum absolute atomic E-state index is 11.0. The van der Waals surface area contributed by atoms with Crippen LogP contribution in [0.15, 0.2) is 36.4 Å². The van der Waals surface area contributed by atoms with Crippen LogP contribution < -0.4 is 14.2 Å². The largest absolute Gasteiger partial charge is 0.497 e. The van der Waals surface area contributed by atoms with E-state index in [0.29, 0.717) is 13.0 Å². The molecule has 5 nitrogen and oxygen atoms in total. The lowest BCUT2D eigenvalue weighted by atomic mass is 10.00. The van der Waals surface area contributed by atoms with Crippen molar-refractivity contribution in [3.8, 4) is 17.2 Å². The molecule has 1 heterocycles. The zero-order valence-electron chi connectivity index (χ0n) is 16.2. The van der Waals surface area contributed by atoms with E-state index in [2.05, 4.69) is 13.8 Å². The van der Waals surface area contributed by atoms with Crippen LogP contribution in [0.3, 0.4) is 0 Å². The first-order valence-corrected chi connectivity index (χ1v) is 9.11. The zero-order chi connectivity index (χ0) is 19.6. The molecule has 5 heteroatoms. The van der Waals surface area contributed by atoms with Crippen molar-refractivity contribution in [2.45, 2.75) is 45.8 Å². The lowest BCUT2D eigenvalue weighted by Gasteiger charge is -2.18. The Labute approximate surface area is 159 Å². The monoisotopic (exact) mass is 370 g/mol. The van der Waals surface area contributed by atoms with Crippen LogP contribution in [-0.4, -0.2) is 23.8 Å². The molecule has 1 atom stereocenters. The first-order valence-electron chi connectivity index (χ1n) is 9.11. The number of hydrogen-bond acceptors (Lipinski definition) is 4. The Bertz CT molecular complexity index is 823. The molecule has 1 aliphatic heterocycles. The summed E-state index contributed by atoms with van der Waals surface area (Å²) in [6, 6.07) is 11.5. The third kappa shape index (κ3) is 4.54. The topological polar surface area (TPSA) is 65.0 Å². The van der Waals surface area contributed by atoms with Crippen LogP contribution in [0.25, 0.3) is 0 Å². The second kappa shape index (κ2) is 7.51. The Balaban J connectivity index is 1.70. The van der Waals surface area contributed by atoms with E-state index in [9.17, 15) is 4.79 Å². The molecule has 0 aromatic heterocycles. The van der Waals surface area contributed by atoms with E-state index >= 15 is 0 Å². The fourth-order valence-electron chi connectivity index (χ4n) is 3.30. The van der Waals surface area contributed by atoms with Crippen molar-refractivity contribution in [2.24, 2.45) is 5.92 Å². The molecule has 1 unspecified atom stereocenters. The maximum atomic E-state index is 11.0. The molecule has 1 N–H and O–H groups in total. The van der Waals surface area contributed by atoms with Gasteiger partial charge >= 0.3 is 5.97 Å². The average molecular weight is 370 g/mol. The Morgan fingerprint density at radius 3 is 2.56 bits per heavy atom. The fraction of sp³-hybridized carbons (Fsp3) is 0.409. The number of carboxylic acids is 1. The molecule has 1 aliphatic rings. The average Bonchev–Trinajstić information content (AvgIpc) is 2.94. The molecule has 0 saturated carbocycles. The molecule has 0 fully saturated rings. The molecule has 0 amide bonds. The number of carbonyl (C=O) groups is 1. The van der Waals surface area contributed by atoms with Gasteiger partial charge in [0.25, 0.3) is 0 Å². The highest BCUT2D eigenvalue weighted by atomic mass is 16.5. The van der Waals surface area contributed by atoms with Crippen LogP contribution in [0.2, 0.25) is 0 Å². The van der Waals surface area contributed by atoms with Gasteiger partial charge in [-0.15, -0.1) is 0 Å². The van der Waals surface area contributed by atoms with Gasteiger partial charge in [-0.3, -0.25) is 4.79 Å². The van der Waals surface area contributed by atoms with E-state index in [0.717, 1.165) is 40.4 Å². The number of ether oxygens (including phenoxy) is 3. The summed E-state index contributed by atoms with van der Waals surface area (Å²) in [6.45, 7) is 6.22. The zero-order valence-corrected chi connectivity index (χ0v) is 16.2. The van der Waals surface area contributed by atoms with Gasteiger partial charge in [-0.25, -0.2) is 0 Å². The fourth-order valence-corrected chi connectivity index (χ4v) is 3.30. The van der Waals surface area contributed by atoms with E-state index in [-0.39, 0.29) is 5.60 Å². The van der Waals surface area contributed by atoms with Crippen LogP contribution in [-0.2, 0) is 24.2 Å². The summed E-state index contributed by atoms with van der Waals surface area (Å²) in [5.41, 5.74) is 2.84. The minimum absolute atomic E-state index is 0.230. The van der Waals surface area contributed by atoms with Crippen molar-refractivity contribution in [3.05, 3.63) is 53.1 Å². The molecular formula is C22H26O5. The molecule has 0 saturated heterocycles. The highest BCUT2D eigenvalue weighted by Crippen LogP contribution is 2.40. The second-order valence-corrected chi connectivity index (χ2v) is 7.69. The summed E-state index contributed by atoms with van der Waals surface area (Å²) < 4.78 is 17.5. The van der Waals surface area contributed by atoms with Gasteiger partial charge in [0.2, 0.25) is 0 Å². The first kappa shape index (κ1) is 19.1. The first-order chi connectivity index (χ1) is 12.8. The summed E-state index contributed by atoms with van der Waals surface area (Å²) >= 11 is 0. The summed E-state index contributed by atoms with van der Waals surface area (Å²) in [7, 11) is 1.66. The SMILES string of the molecule is COc1cc(COc2ccc(CC(C)C(=O)O)cc2)c2c(c1)CC(C)(C)O2. The smallest absolute Gasteiger partial charge is 0.306 e. The van der Waals surface area contributed by atoms with Gasteiger partial charge in [-0.05, 0) is 50.1 Å². The van der Waals surface area contributed by atoms with Crippen LogP contribution in [0.1, 0.15) is 37.5 Å². The number of hydrogen-bond donors (Lipinski definition) is 1. The predicted molar refractivity (Wildman–Crippen MR) is 103 cm³/mol. The van der Waals surface area contributed by atoms with Crippen molar-refractivity contribution in [2.75, 3.05) is 7.11 Å². The van der Waals surface area contributed by atoms with Crippen molar-refractivity contribution in [1.29, 1.82) is 0 Å². The van der Waals surface area contributed by atoms with Crippen molar-refractivity contribution >= 4 is 5.97 Å².